The molecular formula is C26H24N2O2. The highest BCUT2D eigenvalue weighted by atomic mass is 16.5. The van der Waals surface area contributed by atoms with Crippen molar-refractivity contribution in [2.24, 2.45) is 0 Å². The number of imidazole rings is 1. The van der Waals surface area contributed by atoms with Crippen LogP contribution in [0.25, 0.3) is 0 Å². The molecule has 0 aliphatic heterocycles. The Morgan fingerprint density at radius 2 is 1.27 bits per heavy atom. The number of rotatable bonds is 7. The smallest absolute Gasteiger partial charge is 0.226 e. The Morgan fingerprint density at radius 3 is 1.67 bits per heavy atom. The molecule has 30 heavy (non-hydrogen) atoms. The lowest BCUT2D eigenvalue weighted by molar-refractivity contribution is 0.0637. The van der Waals surface area contributed by atoms with E-state index in [9.17, 15) is 4.79 Å². The number of ether oxygens (including phenoxy) is 1. The predicted octanol–water partition coefficient (Wildman–Crippen LogP) is 4.94. The van der Waals surface area contributed by atoms with E-state index in [-0.39, 0.29) is 5.78 Å². The van der Waals surface area contributed by atoms with E-state index >= 15 is 0 Å². The summed E-state index contributed by atoms with van der Waals surface area (Å²) in [6, 6.07) is 30.7. The molecule has 1 heterocycles. The van der Waals surface area contributed by atoms with Gasteiger partial charge in [-0.1, -0.05) is 91.0 Å². The monoisotopic (exact) mass is 396 g/mol. The Labute approximate surface area is 176 Å². The van der Waals surface area contributed by atoms with Crippen LogP contribution in [0.15, 0.2) is 103 Å². The molecule has 4 nitrogen and oxygen atoms in total. The second kappa shape index (κ2) is 8.47. The van der Waals surface area contributed by atoms with Crippen LogP contribution in [0.3, 0.4) is 0 Å². The fraction of sp³-hybridized carbons (Fsp3) is 0.154. The first-order chi connectivity index (χ1) is 14.7. The van der Waals surface area contributed by atoms with Crippen molar-refractivity contribution in [3.05, 3.63) is 126 Å². The minimum atomic E-state index is -0.765. The van der Waals surface area contributed by atoms with E-state index in [4.69, 9.17) is 4.74 Å². The SMILES string of the molecule is COC(C)C(=O)c1nccn1C(c1ccccc1)(c1ccccc1)c1ccccc1. The largest absolute Gasteiger partial charge is 0.373 e. The predicted molar refractivity (Wildman–Crippen MR) is 118 cm³/mol. The molecule has 0 radical (unpaired) electrons. The fourth-order valence-electron chi connectivity index (χ4n) is 4.00. The van der Waals surface area contributed by atoms with Crippen LogP contribution in [0.1, 0.15) is 34.2 Å². The van der Waals surface area contributed by atoms with Crippen LogP contribution >= 0.6 is 0 Å². The molecule has 4 aromatic rings. The zero-order valence-electron chi connectivity index (χ0n) is 17.1. The third-order valence-corrected chi connectivity index (χ3v) is 5.52. The number of nitrogens with zero attached hydrogens (tertiary/aromatic N) is 2. The van der Waals surface area contributed by atoms with Gasteiger partial charge in [0.25, 0.3) is 0 Å². The van der Waals surface area contributed by atoms with E-state index in [0.29, 0.717) is 5.82 Å². The van der Waals surface area contributed by atoms with Crippen LogP contribution in [0.4, 0.5) is 0 Å². The summed E-state index contributed by atoms with van der Waals surface area (Å²) in [6.07, 6.45) is 2.97. The number of ketones is 1. The first-order valence-electron chi connectivity index (χ1n) is 9.97. The maximum Gasteiger partial charge on any atom is 0.226 e. The summed E-state index contributed by atoms with van der Waals surface area (Å²) < 4.78 is 7.29. The quantitative estimate of drug-likeness (QED) is 0.328. The van der Waals surface area contributed by atoms with Gasteiger partial charge in [0.1, 0.15) is 11.6 Å². The molecule has 0 bridgehead atoms. The Hall–Kier alpha value is -3.50. The molecule has 3 aromatic carbocycles. The highest BCUT2D eigenvalue weighted by Gasteiger charge is 2.41. The van der Waals surface area contributed by atoms with Gasteiger partial charge in [-0.3, -0.25) is 4.79 Å². The van der Waals surface area contributed by atoms with Crippen molar-refractivity contribution in [2.45, 2.75) is 18.6 Å². The Bertz CT molecular complexity index is 1010. The molecule has 0 aliphatic rings. The zero-order chi connectivity index (χ0) is 21.0. The van der Waals surface area contributed by atoms with E-state index in [0.717, 1.165) is 16.7 Å². The zero-order valence-corrected chi connectivity index (χ0v) is 17.1. The molecule has 0 saturated heterocycles. The number of carbonyl (C=O) groups is 1. The van der Waals surface area contributed by atoms with E-state index < -0.39 is 11.6 Å². The molecule has 1 atom stereocenters. The number of carbonyl (C=O) groups excluding carboxylic acids is 1. The van der Waals surface area contributed by atoms with Crippen LogP contribution in [0.5, 0.6) is 0 Å². The average Bonchev–Trinajstić information content (AvgIpc) is 3.31. The van der Waals surface area contributed by atoms with Crippen molar-refractivity contribution in [2.75, 3.05) is 7.11 Å². The summed E-state index contributed by atoms with van der Waals surface area (Å²) >= 11 is 0. The second-order valence-electron chi connectivity index (χ2n) is 7.17. The molecule has 4 heteroatoms. The molecular weight excluding hydrogens is 372 g/mol. The Kier molecular flexibility index (Phi) is 5.59. The van der Waals surface area contributed by atoms with Crippen LogP contribution in [0, 0.1) is 0 Å². The average molecular weight is 396 g/mol. The molecule has 1 aromatic heterocycles. The lowest BCUT2D eigenvalue weighted by atomic mass is 9.76. The highest BCUT2D eigenvalue weighted by Crippen LogP contribution is 2.41. The molecule has 0 amide bonds. The summed E-state index contributed by atoms with van der Waals surface area (Å²) in [7, 11) is 1.54. The second-order valence-corrected chi connectivity index (χ2v) is 7.17. The molecule has 4 rings (SSSR count). The molecule has 0 aliphatic carbocycles. The lowest BCUT2D eigenvalue weighted by Crippen LogP contribution is -2.40. The number of aromatic nitrogens is 2. The lowest BCUT2D eigenvalue weighted by Gasteiger charge is -2.38. The van der Waals surface area contributed by atoms with Gasteiger partial charge < -0.3 is 9.30 Å². The number of Topliss-reactive ketones (excluding diaryl/α,β-unsaturated/α-hetero) is 1. The summed E-state index contributed by atoms with van der Waals surface area (Å²) in [6.45, 7) is 1.75. The summed E-state index contributed by atoms with van der Waals surface area (Å²) in [4.78, 5) is 17.7. The number of hydrogen-bond acceptors (Lipinski definition) is 3. The summed E-state index contributed by atoms with van der Waals surface area (Å²) in [5.74, 6) is 0.204. The van der Waals surface area contributed by atoms with Crippen molar-refractivity contribution >= 4 is 5.78 Å². The van der Waals surface area contributed by atoms with Gasteiger partial charge in [0.2, 0.25) is 5.78 Å². The van der Waals surface area contributed by atoms with Gasteiger partial charge in [-0.05, 0) is 23.6 Å². The summed E-state index contributed by atoms with van der Waals surface area (Å²) in [5.41, 5.74) is 2.36. The topological polar surface area (TPSA) is 44.1 Å². The normalized spacial score (nSPS) is 12.5. The minimum absolute atomic E-state index is 0.158. The van der Waals surface area contributed by atoms with E-state index in [1.165, 1.54) is 7.11 Å². The van der Waals surface area contributed by atoms with Gasteiger partial charge in [-0.2, -0.15) is 0 Å². The fourth-order valence-corrected chi connectivity index (χ4v) is 4.00. The van der Waals surface area contributed by atoms with Crippen molar-refractivity contribution in [3.8, 4) is 0 Å². The summed E-state index contributed by atoms with van der Waals surface area (Å²) in [5, 5.41) is 0. The third kappa shape index (κ3) is 3.25. The Morgan fingerprint density at radius 1 is 0.833 bits per heavy atom. The van der Waals surface area contributed by atoms with E-state index in [1.54, 1.807) is 13.1 Å². The first-order valence-corrected chi connectivity index (χ1v) is 9.97. The number of hydrogen-bond donors (Lipinski definition) is 0. The van der Waals surface area contributed by atoms with Gasteiger partial charge >= 0.3 is 0 Å². The molecule has 0 N–H and O–H groups in total. The van der Waals surface area contributed by atoms with Crippen molar-refractivity contribution in [1.82, 2.24) is 9.55 Å². The first kappa shape index (κ1) is 19.8. The van der Waals surface area contributed by atoms with Gasteiger partial charge in [0.15, 0.2) is 5.82 Å². The Balaban J connectivity index is 2.11. The van der Waals surface area contributed by atoms with Crippen molar-refractivity contribution < 1.29 is 9.53 Å². The van der Waals surface area contributed by atoms with Crippen molar-refractivity contribution in [1.29, 1.82) is 0 Å². The highest BCUT2D eigenvalue weighted by molar-refractivity contribution is 5.96. The van der Waals surface area contributed by atoms with Gasteiger partial charge in [-0.15, -0.1) is 0 Å². The standard InChI is InChI=1S/C26H24N2O2/c1-20(30-2)24(29)25-27-18-19-28(25)26(21-12-6-3-7-13-21,22-14-8-4-9-15-22)23-16-10-5-11-17-23/h3-20H,1-2H3. The molecule has 0 spiro atoms. The number of methoxy groups -OCH3 is 1. The third-order valence-electron chi connectivity index (χ3n) is 5.52. The van der Waals surface area contributed by atoms with Gasteiger partial charge in [0, 0.05) is 19.5 Å². The maximum absolute atomic E-state index is 13.2. The van der Waals surface area contributed by atoms with Crippen LogP contribution in [-0.2, 0) is 10.3 Å². The number of benzene rings is 3. The molecule has 1 unspecified atom stereocenters. The van der Waals surface area contributed by atoms with Crippen LogP contribution < -0.4 is 0 Å². The van der Waals surface area contributed by atoms with E-state index in [1.807, 2.05) is 65.4 Å². The van der Waals surface area contributed by atoms with Gasteiger partial charge in [0.05, 0.1) is 0 Å². The van der Waals surface area contributed by atoms with Gasteiger partial charge in [-0.25, -0.2) is 4.98 Å². The van der Waals surface area contributed by atoms with E-state index in [2.05, 4.69) is 41.4 Å². The molecule has 0 saturated carbocycles. The molecule has 150 valence electrons. The molecule has 0 fully saturated rings. The van der Waals surface area contributed by atoms with Crippen LogP contribution in [0.2, 0.25) is 0 Å². The van der Waals surface area contributed by atoms with Crippen molar-refractivity contribution in [3.63, 3.8) is 0 Å². The maximum atomic E-state index is 13.2. The van der Waals surface area contributed by atoms with Crippen LogP contribution in [-0.4, -0.2) is 28.5 Å². The minimum Gasteiger partial charge on any atom is -0.373 e.